The molecule has 2 atom stereocenters. The number of carbonyl (C=O) groups is 1. The van der Waals surface area contributed by atoms with Crippen LogP contribution in [0.15, 0.2) is 6.07 Å². The summed E-state index contributed by atoms with van der Waals surface area (Å²) in [5.41, 5.74) is 1.50. The highest BCUT2D eigenvalue weighted by atomic mass is 16.2. The first-order valence-electron chi connectivity index (χ1n) is 7.14. The summed E-state index contributed by atoms with van der Waals surface area (Å²) >= 11 is 0. The van der Waals surface area contributed by atoms with E-state index in [1.54, 1.807) is 11.7 Å². The van der Waals surface area contributed by atoms with Gasteiger partial charge in [-0.25, -0.2) is 0 Å². The van der Waals surface area contributed by atoms with Crippen LogP contribution in [0.2, 0.25) is 0 Å². The lowest BCUT2D eigenvalue weighted by molar-refractivity contribution is 0.0932. The Labute approximate surface area is 114 Å². The van der Waals surface area contributed by atoms with Gasteiger partial charge >= 0.3 is 0 Å². The van der Waals surface area contributed by atoms with Crippen molar-refractivity contribution in [2.45, 2.75) is 39.2 Å². The smallest absolute Gasteiger partial charge is 0.269 e. The van der Waals surface area contributed by atoms with Crippen LogP contribution >= 0.6 is 0 Å². The molecule has 0 bridgehead atoms. The molecule has 0 aliphatic carbocycles. The molecule has 2 rings (SSSR count). The first-order valence-corrected chi connectivity index (χ1v) is 7.14. The zero-order valence-corrected chi connectivity index (χ0v) is 12.1. The van der Waals surface area contributed by atoms with Crippen LogP contribution in [0.1, 0.15) is 42.4 Å². The third-order valence-electron chi connectivity index (χ3n) is 3.97. The van der Waals surface area contributed by atoms with Gasteiger partial charge in [0, 0.05) is 19.6 Å². The fraction of sp³-hybridized carbons (Fsp3) is 0.714. The summed E-state index contributed by atoms with van der Waals surface area (Å²) < 4.78 is 1.64. The summed E-state index contributed by atoms with van der Waals surface area (Å²) in [6, 6.07) is 2.22. The highest BCUT2D eigenvalue weighted by molar-refractivity contribution is 5.92. The molecule has 0 spiro atoms. The van der Waals surface area contributed by atoms with Gasteiger partial charge in [-0.05, 0) is 38.3 Å². The average molecular weight is 264 g/mol. The van der Waals surface area contributed by atoms with Gasteiger partial charge < -0.3 is 10.6 Å². The molecule has 1 saturated heterocycles. The zero-order chi connectivity index (χ0) is 13.8. The maximum atomic E-state index is 12.1. The molecule has 1 aliphatic rings. The lowest BCUT2D eigenvalue weighted by atomic mass is 9.88. The number of nitrogens with one attached hydrogen (secondary N) is 2. The van der Waals surface area contributed by atoms with Gasteiger partial charge in [0.1, 0.15) is 5.69 Å². The Kier molecular flexibility index (Phi) is 4.58. The predicted octanol–water partition coefficient (Wildman–Crippen LogP) is 1.24. The van der Waals surface area contributed by atoms with Crippen molar-refractivity contribution in [2.75, 3.05) is 13.1 Å². The molecule has 1 aromatic rings. The van der Waals surface area contributed by atoms with Gasteiger partial charge in [-0.2, -0.15) is 5.10 Å². The second-order valence-corrected chi connectivity index (χ2v) is 5.38. The maximum absolute atomic E-state index is 12.1. The van der Waals surface area contributed by atoms with E-state index in [1.165, 1.54) is 19.3 Å². The molecule has 5 nitrogen and oxygen atoms in total. The molecule has 0 aromatic carbocycles. The fourth-order valence-corrected chi connectivity index (χ4v) is 2.86. The topological polar surface area (TPSA) is 58.9 Å². The number of nitrogens with zero attached hydrogens (tertiary/aromatic N) is 2. The molecule has 1 aromatic heterocycles. The lowest BCUT2D eigenvalue weighted by Gasteiger charge is -2.32. The normalized spacial score (nSPS) is 23.3. The Balaban J connectivity index is 1.91. The minimum atomic E-state index is -0.0367. The molecular formula is C14H24N4O. The van der Waals surface area contributed by atoms with Crippen LogP contribution in [-0.4, -0.2) is 34.8 Å². The Hall–Kier alpha value is -1.36. The summed E-state index contributed by atoms with van der Waals surface area (Å²) in [7, 11) is 1.80. The van der Waals surface area contributed by atoms with Crippen LogP contribution in [0.3, 0.4) is 0 Å². The van der Waals surface area contributed by atoms with E-state index in [4.69, 9.17) is 0 Å². The average Bonchev–Trinajstić information content (AvgIpc) is 2.75. The van der Waals surface area contributed by atoms with Crippen molar-refractivity contribution >= 4 is 5.91 Å². The third kappa shape index (κ3) is 3.35. The number of aryl methyl sites for hydroxylation is 2. The number of piperidine rings is 1. The van der Waals surface area contributed by atoms with E-state index in [9.17, 15) is 4.79 Å². The van der Waals surface area contributed by atoms with Gasteiger partial charge in [0.05, 0.1) is 5.69 Å². The van der Waals surface area contributed by atoms with Gasteiger partial charge in [-0.15, -0.1) is 0 Å². The van der Waals surface area contributed by atoms with E-state index in [1.807, 2.05) is 13.0 Å². The minimum Gasteiger partial charge on any atom is -0.349 e. The standard InChI is InChI=1S/C14H24N4O/c1-4-11-6-5-7-15-12(11)9-16-14(19)13-8-10(2)17-18(13)3/h8,11-12,15H,4-7,9H2,1-3H3,(H,16,19). The van der Waals surface area contributed by atoms with E-state index in [-0.39, 0.29) is 5.91 Å². The Bertz CT molecular complexity index is 441. The molecule has 0 saturated carbocycles. The Morgan fingerprint density at radius 1 is 1.63 bits per heavy atom. The van der Waals surface area contributed by atoms with Gasteiger partial charge in [0.25, 0.3) is 5.91 Å². The predicted molar refractivity (Wildman–Crippen MR) is 75.1 cm³/mol. The van der Waals surface area contributed by atoms with Crippen LogP contribution in [0.25, 0.3) is 0 Å². The number of hydrogen-bond acceptors (Lipinski definition) is 3. The van der Waals surface area contributed by atoms with Gasteiger partial charge in [-0.1, -0.05) is 13.3 Å². The monoisotopic (exact) mass is 264 g/mol. The number of hydrogen-bond donors (Lipinski definition) is 2. The van der Waals surface area contributed by atoms with Gasteiger partial charge in [0.15, 0.2) is 0 Å². The minimum absolute atomic E-state index is 0.0367. The number of aromatic nitrogens is 2. The van der Waals surface area contributed by atoms with Crippen molar-refractivity contribution in [1.82, 2.24) is 20.4 Å². The lowest BCUT2D eigenvalue weighted by Crippen LogP contribution is -2.48. The van der Waals surface area contributed by atoms with Crippen molar-refractivity contribution in [3.8, 4) is 0 Å². The molecule has 1 amide bonds. The van der Waals surface area contributed by atoms with Crippen LogP contribution in [-0.2, 0) is 7.05 Å². The highest BCUT2D eigenvalue weighted by Gasteiger charge is 2.24. The molecule has 2 heterocycles. The third-order valence-corrected chi connectivity index (χ3v) is 3.97. The van der Waals surface area contributed by atoms with Crippen molar-refractivity contribution in [2.24, 2.45) is 13.0 Å². The first-order chi connectivity index (χ1) is 9.11. The van der Waals surface area contributed by atoms with E-state index in [2.05, 4.69) is 22.7 Å². The van der Waals surface area contributed by atoms with E-state index < -0.39 is 0 Å². The van der Waals surface area contributed by atoms with Gasteiger partial charge in [0.2, 0.25) is 0 Å². The molecule has 2 unspecified atom stereocenters. The first kappa shape index (κ1) is 14.1. The summed E-state index contributed by atoms with van der Waals surface area (Å²) in [4.78, 5) is 12.1. The number of amides is 1. The largest absolute Gasteiger partial charge is 0.349 e. The van der Waals surface area contributed by atoms with E-state index in [0.29, 0.717) is 24.2 Å². The van der Waals surface area contributed by atoms with Crippen LogP contribution in [0, 0.1) is 12.8 Å². The summed E-state index contributed by atoms with van der Waals surface area (Å²) in [6.45, 7) is 5.87. The quantitative estimate of drug-likeness (QED) is 0.860. The second kappa shape index (κ2) is 6.19. The summed E-state index contributed by atoms with van der Waals surface area (Å²) in [5.74, 6) is 0.632. The van der Waals surface area contributed by atoms with Crippen molar-refractivity contribution in [3.63, 3.8) is 0 Å². The molecule has 0 radical (unpaired) electrons. The molecule has 2 N–H and O–H groups in total. The van der Waals surface area contributed by atoms with E-state index >= 15 is 0 Å². The maximum Gasteiger partial charge on any atom is 0.269 e. The van der Waals surface area contributed by atoms with Crippen molar-refractivity contribution in [1.29, 1.82) is 0 Å². The number of rotatable bonds is 4. The zero-order valence-electron chi connectivity index (χ0n) is 12.1. The van der Waals surface area contributed by atoms with Crippen molar-refractivity contribution < 1.29 is 4.79 Å². The molecule has 5 heteroatoms. The fourth-order valence-electron chi connectivity index (χ4n) is 2.86. The molecule has 1 fully saturated rings. The van der Waals surface area contributed by atoms with Crippen LogP contribution in [0.4, 0.5) is 0 Å². The molecule has 19 heavy (non-hydrogen) atoms. The van der Waals surface area contributed by atoms with Gasteiger partial charge in [-0.3, -0.25) is 9.48 Å². The van der Waals surface area contributed by atoms with Crippen LogP contribution < -0.4 is 10.6 Å². The Morgan fingerprint density at radius 2 is 2.42 bits per heavy atom. The number of carbonyl (C=O) groups excluding carboxylic acids is 1. The van der Waals surface area contributed by atoms with E-state index in [0.717, 1.165) is 12.2 Å². The molecule has 1 aliphatic heterocycles. The molecular weight excluding hydrogens is 240 g/mol. The van der Waals surface area contributed by atoms with Crippen LogP contribution in [0.5, 0.6) is 0 Å². The highest BCUT2D eigenvalue weighted by Crippen LogP contribution is 2.19. The Morgan fingerprint density at radius 3 is 3.05 bits per heavy atom. The summed E-state index contributed by atoms with van der Waals surface area (Å²) in [6.07, 6.45) is 3.66. The van der Waals surface area contributed by atoms with Crippen molar-refractivity contribution in [3.05, 3.63) is 17.5 Å². The second-order valence-electron chi connectivity index (χ2n) is 5.38. The molecule has 106 valence electrons. The summed E-state index contributed by atoms with van der Waals surface area (Å²) in [5, 5.41) is 10.7. The SMILES string of the molecule is CCC1CCCNC1CNC(=O)c1cc(C)nn1C.